The first kappa shape index (κ1) is 22.4. The maximum atomic E-state index is 14.0. The number of carbonyl (C=O) groups is 1. The summed E-state index contributed by atoms with van der Waals surface area (Å²) < 4.78 is 47.2. The molecule has 0 saturated heterocycles. The van der Waals surface area contributed by atoms with Gasteiger partial charge in [0.2, 0.25) is 5.82 Å². The van der Waals surface area contributed by atoms with Crippen LogP contribution < -0.4 is 10.2 Å². The topological polar surface area (TPSA) is 71.3 Å². The van der Waals surface area contributed by atoms with E-state index >= 15 is 0 Å². The van der Waals surface area contributed by atoms with E-state index in [4.69, 9.17) is 4.52 Å². The van der Waals surface area contributed by atoms with Crippen LogP contribution in [-0.2, 0) is 0 Å². The number of hydrogen-bond donors (Lipinski definition) is 1. The predicted molar refractivity (Wildman–Crippen MR) is 124 cm³/mol. The van der Waals surface area contributed by atoms with Crippen molar-refractivity contribution in [1.82, 2.24) is 15.5 Å². The molecule has 9 heteroatoms. The summed E-state index contributed by atoms with van der Waals surface area (Å²) in [5, 5.41) is 6.86. The third-order valence-corrected chi connectivity index (χ3v) is 5.74. The third kappa shape index (κ3) is 4.28. The minimum absolute atomic E-state index is 0.00206. The fraction of sp³-hybridized carbons (Fsp3) is 0.115. The number of urea groups is 1. The van der Waals surface area contributed by atoms with Crippen LogP contribution >= 0.6 is 0 Å². The fourth-order valence-corrected chi connectivity index (χ4v) is 4.09. The third-order valence-electron chi connectivity index (χ3n) is 5.74. The zero-order chi connectivity index (χ0) is 24.7. The van der Waals surface area contributed by atoms with Gasteiger partial charge in [0.15, 0.2) is 0 Å². The second kappa shape index (κ2) is 8.75. The average molecular weight is 476 g/mol. The van der Waals surface area contributed by atoms with Gasteiger partial charge in [-0.2, -0.15) is 4.98 Å². The highest BCUT2D eigenvalue weighted by Crippen LogP contribution is 2.39. The number of anilines is 1. The zero-order valence-corrected chi connectivity index (χ0v) is 18.7. The summed E-state index contributed by atoms with van der Waals surface area (Å²) in [7, 11) is 0. The number of benzene rings is 3. The maximum absolute atomic E-state index is 14.0. The molecular weight excluding hydrogens is 457 g/mol. The van der Waals surface area contributed by atoms with Crippen LogP contribution in [0.5, 0.6) is 0 Å². The molecule has 0 radical (unpaired) electrons. The molecule has 0 aliphatic carbocycles. The van der Waals surface area contributed by atoms with E-state index in [9.17, 15) is 18.0 Å². The van der Waals surface area contributed by atoms with Crippen molar-refractivity contribution < 1.29 is 22.5 Å². The monoisotopic (exact) mass is 476 g/mol. The summed E-state index contributed by atoms with van der Waals surface area (Å²) in [6.45, 7) is 3.57. The molecule has 35 heavy (non-hydrogen) atoms. The number of aryl methyl sites for hydroxylation is 1. The average Bonchev–Trinajstić information content (AvgIpc) is 3.28. The van der Waals surface area contributed by atoms with Crippen molar-refractivity contribution in [2.45, 2.75) is 19.9 Å². The standard InChI is InChI=1S/C26H19F3N4O2/c1-14-6-8-16(9-7-14)23-22(25-31-24(32-35-25)17-4-3-5-18(27)10-17)15(2)33(26(34)30-23)21-12-19(28)11-20(29)13-21/h3-13,23H,1-2H3,(H,30,34). The summed E-state index contributed by atoms with van der Waals surface area (Å²) in [6.07, 6.45) is 0. The lowest BCUT2D eigenvalue weighted by Gasteiger charge is -2.35. The lowest BCUT2D eigenvalue weighted by Crippen LogP contribution is -2.46. The Hall–Kier alpha value is -4.40. The zero-order valence-electron chi connectivity index (χ0n) is 18.7. The second-order valence-electron chi connectivity index (χ2n) is 8.19. The van der Waals surface area contributed by atoms with E-state index in [1.807, 2.05) is 31.2 Å². The highest BCUT2D eigenvalue weighted by atomic mass is 19.1. The highest BCUT2D eigenvalue weighted by molar-refractivity contribution is 6.01. The van der Waals surface area contributed by atoms with Crippen LogP contribution in [0.15, 0.2) is 77.0 Å². The summed E-state index contributed by atoms with van der Waals surface area (Å²) >= 11 is 0. The predicted octanol–water partition coefficient (Wildman–Crippen LogP) is 6.16. The van der Waals surface area contributed by atoms with Crippen LogP contribution in [0.3, 0.4) is 0 Å². The van der Waals surface area contributed by atoms with Crippen LogP contribution in [0.1, 0.15) is 30.0 Å². The van der Waals surface area contributed by atoms with Gasteiger partial charge in [-0.05, 0) is 43.7 Å². The molecule has 1 aliphatic heterocycles. The lowest BCUT2D eigenvalue weighted by molar-refractivity contribution is 0.244. The van der Waals surface area contributed by atoms with Crippen molar-refractivity contribution in [3.63, 3.8) is 0 Å². The molecule has 0 saturated carbocycles. The molecule has 2 amide bonds. The molecule has 4 aromatic rings. The SMILES string of the molecule is CC1=C(c2nc(-c3cccc(F)c3)no2)C(c2ccc(C)cc2)NC(=O)N1c1cc(F)cc(F)c1. The Morgan fingerprint density at radius 2 is 1.63 bits per heavy atom. The van der Waals surface area contributed by atoms with E-state index < -0.39 is 29.5 Å². The Morgan fingerprint density at radius 1 is 0.914 bits per heavy atom. The van der Waals surface area contributed by atoms with Gasteiger partial charge in [-0.15, -0.1) is 0 Å². The number of allylic oxidation sites excluding steroid dienone is 1. The Bertz CT molecular complexity index is 1440. The van der Waals surface area contributed by atoms with Crippen molar-refractivity contribution in [1.29, 1.82) is 0 Å². The molecule has 1 aromatic heterocycles. The number of halogens is 3. The van der Waals surface area contributed by atoms with Crippen LogP contribution in [0, 0.1) is 24.4 Å². The number of rotatable bonds is 4. The molecule has 0 spiro atoms. The minimum Gasteiger partial charge on any atom is -0.334 e. The number of amides is 2. The molecule has 3 aromatic carbocycles. The fourth-order valence-electron chi connectivity index (χ4n) is 4.09. The maximum Gasteiger partial charge on any atom is 0.327 e. The van der Waals surface area contributed by atoms with Crippen molar-refractivity contribution in [2.24, 2.45) is 0 Å². The summed E-state index contributed by atoms with van der Waals surface area (Å²) in [5.74, 6) is -1.87. The number of carbonyl (C=O) groups excluding carboxylic acids is 1. The lowest BCUT2D eigenvalue weighted by atomic mass is 9.94. The molecule has 2 heterocycles. The summed E-state index contributed by atoms with van der Waals surface area (Å²) in [6, 6.07) is 14.8. The molecule has 1 aliphatic rings. The molecule has 0 bridgehead atoms. The summed E-state index contributed by atoms with van der Waals surface area (Å²) in [4.78, 5) is 18.7. The minimum atomic E-state index is -0.825. The van der Waals surface area contributed by atoms with Crippen molar-refractivity contribution in [3.05, 3.63) is 107 Å². The van der Waals surface area contributed by atoms with Crippen molar-refractivity contribution in [3.8, 4) is 11.4 Å². The number of nitrogens with zero attached hydrogens (tertiary/aromatic N) is 3. The Labute approximate surface area is 198 Å². The molecule has 0 fully saturated rings. The molecular formula is C26H19F3N4O2. The first-order valence-corrected chi connectivity index (χ1v) is 10.7. The summed E-state index contributed by atoms with van der Waals surface area (Å²) in [5.41, 5.74) is 2.97. The Balaban J connectivity index is 1.67. The molecule has 1 N–H and O–H groups in total. The molecule has 5 rings (SSSR count). The van der Waals surface area contributed by atoms with Gasteiger partial charge < -0.3 is 9.84 Å². The normalized spacial score (nSPS) is 16.0. The number of nitrogens with one attached hydrogen (secondary N) is 1. The smallest absolute Gasteiger partial charge is 0.327 e. The second-order valence-corrected chi connectivity index (χ2v) is 8.19. The Morgan fingerprint density at radius 3 is 2.31 bits per heavy atom. The molecule has 1 atom stereocenters. The molecule has 1 unspecified atom stereocenters. The van der Waals surface area contributed by atoms with Crippen LogP contribution in [0.25, 0.3) is 17.0 Å². The molecule has 176 valence electrons. The Kier molecular flexibility index (Phi) is 5.60. The van der Waals surface area contributed by atoms with E-state index in [2.05, 4.69) is 15.5 Å². The van der Waals surface area contributed by atoms with Gasteiger partial charge in [-0.1, -0.05) is 47.1 Å². The number of aromatic nitrogens is 2. The van der Waals surface area contributed by atoms with Crippen molar-refractivity contribution >= 4 is 17.3 Å². The van der Waals surface area contributed by atoms with Gasteiger partial charge in [-0.25, -0.2) is 18.0 Å². The van der Waals surface area contributed by atoms with Gasteiger partial charge in [-0.3, -0.25) is 4.90 Å². The van der Waals surface area contributed by atoms with Crippen LogP contribution in [0.2, 0.25) is 0 Å². The van der Waals surface area contributed by atoms with E-state index in [-0.39, 0.29) is 17.4 Å². The number of hydrogen-bond acceptors (Lipinski definition) is 4. The quantitative estimate of drug-likeness (QED) is 0.383. The van der Waals surface area contributed by atoms with E-state index in [0.717, 1.165) is 34.2 Å². The van der Waals surface area contributed by atoms with Gasteiger partial charge in [0.25, 0.3) is 5.89 Å². The first-order chi connectivity index (χ1) is 16.8. The van der Waals surface area contributed by atoms with Crippen LogP contribution in [0.4, 0.5) is 23.7 Å². The largest absolute Gasteiger partial charge is 0.334 e. The molecule has 6 nitrogen and oxygen atoms in total. The highest BCUT2D eigenvalue weighted by Gasteiger charge is 2.36. The van der Waals surface area contributed by atoms with Gasteiger partial charge >= 0.3 is 6.03 Å². The van der Waals surface area contributed by atoms with E-state index in [0.29, 0.717) is 16.8 Å². The van der Waals surface area contributed by atoms with Crippen LogP contribution in [-0.4, -0.2) is 16.2 Å². The van der Waals surface area contributed by atoms with E-state index in [1.165, 1.54) is 18.2 Å². The first-order valence-electron chi connectivity index (χ1n) is 10.7. The van der Waals surface area contributed by atoms with E-state index in [1.54, 1.807) is 13.0 Å². The van der Waals surface area contributed by atoms with Crippen molar-refractivity contribution in [2.75, 3.05) is 4.90 Å². The van der Waals surface area contributed by atoms with Gasteiger partial charge in [0, 0.05) is 17.3 Å². The van der Waals surface area contributed by atoms with Gasteiger partial charge in [0.05, 0.1) is 17.3 Å². The van der Waals surface area contributed by atoms with Gasteiger partial charge in [0.1, 0.15) is 17.5 Å².